The number of methoxy groups -OCH3 is 2. The van der Waals surface area contributed by atoms with Crippen LogP contribution in [0.15, 0.2) is 23.3 Å². The maximum Gasteiger partial charge on any atom is 0.407 e. The highest BCUT2D eigenvalue weighted by Gasteiger charge is 2.45. The third-order valence-corrected chi connectivity index (χ3v) is 6.11. The number of carbonyl (C=O) groups is 2. The number of esters is 1. The highest BCUT2D eigenvalue weighted by atomic mass is 32.2. The highest BCUT2D eigenvalue weighted by molar-refractivity contribution is 8.00. The molecule has 0 bridgehead atoms. The van der Waals surface area contributed by atoms with E-state index in [9.17, 15) is 9.59 Å². The van der Waals surface area contributed by atoms with Gasteiger partial charge in [-0.25, -0.2) is 9.59 Å². The molecule has 2 atom stereocenters. The molecule has 0 radical (unpaired) electrons. The van der Waals surface area contributed by atoms with E-state index in [2.05, 4.69) is 5.32 Å². The largest absolute Gasteiger partial charge is 0.497 e. The first-order chi connectivity index (χ1) is 14.2. The fourth-order valence-corrected chi connectivity index (χ4v) is 4.85. The molecule has 0 spiro atoms. The van der Waals surface area contributed by atoms with Crippen LogP contribution in [-0.4, -0.2) is 67.0 Å². The molecule has 1 aromatic carbocycles. The number of benzene rings is 1. The molecule has 164 valence electrons. The van der Waals surface area contributed by atoms with Crippen molar-refractivity contribution in [2.45, 2.75) is 49.8 Å². The van der Waals surface area contributed by atoms with Crippen LogP contribution >= 0.6 is 11.8 Å². The maximum absolute atomic E-state index is 12.5. The number of amides is 1. The van der Waals surface area contributed by atoms with Crippen molar-refractivity contribution in [2.24, 2.45) is 5.10 Å². The van der Waals surface area contributed by atoms with Crippen molar-refractivity contribution < 1.29 is 23.8 Å². The molecule has 2 aliphatic heterocycles. The third kappa shape index (κ3) is 5.00. The van der Waals surface area contributed by atoms with Gasteiger partial charge in [-0.1, -0.05) is 0 Å². The smallest absolute Gasteiger partial charge is 0.407 e. The van der Waals surface area contributed by atoms with Crippen molar-refractivity contribution in [1.29, 1.82) is 0 Å². The van der Waals surface area contributed by atoms with Crippen molar-refractivity contribution in [3.05, 3.63) is 29.3 Å². The molecule has 2 aliphatic rings. The van der Waals surface area contributed by atoms with E-state index >= 15 is 0 Å². The Bertz CT molecular complexity index is 836. The van der Waals surface area contributed by atoms with E-state index in [-0.39, 0.29) is 11.2 Å². The molecule has 2 unspecified atom stereocenters. The summed E-state index contributed by atoms with van der Waals surface area (Å²) in [5.74, 6) is 1.28. The second kappa shape index (κ2) is 9.16. The number of carbonyl (C=O) groups excluding carboxylic acids is 2. The molecule has 3 rings (SSSR count). The SMILES string of the molecule is COC(=O)C1C2SCc3cc(OC)ccc3C2=NN1CCCNC(=O)OC(C)(C)C. The number of ether oxygens (including phenoxy) is 3. The standard InChI is InChI=1S/C21H29N3O5S/c1-21(2,3)29-20(26)22-9-6-10-24-17(19(25)28-5)18-16(23-24)15-8-7-14(27-4)11-13(15)12-30-18/h7-8,11,17-18H,6,9-10,12H2,1-5H3,(H,22,26). The second-order valence-electron chi connectivity index (χ2n) is 8.15. The minimum absolute atomic E-state index is 0.0860. The van der Waals surface area contributed by atoms with Crippen molar-refractivity contribution >= 4 is 29.5 Å². The highest BCUT2D eigenvalue weighted by Crippen LogP contribution is 2.39. The average Bonchev–Trinajstić information content (AvgIpc) is 3.07. The zero-order chi connectivity index (χ0) is 21.9. The van der Waals surface area contributed by atoms with E-state index < -0.39 is 17.7 Å². The van der Waals surface area contributed by atoms with Crippen LogP contribution in [0.5, 0.6) is 5.75 Å². The number of thioether (sulfide) groups is 1. The summed E-state index contributed by atoms with van der Waals surface area (Å²) in [6.45, 7) is 6.40. The molecule has 0 saturated heterocycles. The van der Waals surface area contributed by atoms with Gasteiger partial charge in [-0.3, -0.25) is 5.01 Å². The lowest BCUT2D eigenvalue weighted by molar-refractivity contribution is -0.146. The van der Waals surface area contributed by atoms with Crippen LogP contribution in [0.4, 0.5) is 4.79 Å². The monoisotopic (exact) mass is 435 g/mol. The Morgan fingerprint density at radius 2 is 2.07 bits per heavy atom. The van der Waals surface area contributed by atoms with Crippen LogP contribution in [0.1, 0.15) is 38.3 Å². The molecule has 2 heterocycles. The fourth-order valence-electron chi connectivity index (χ4n) is 3.49. The number of alkyl carbamates (subject to hydrolysis) is 1. The molecule has 1 N–H and O–H groups in total. The average molecular weight is 436 g/mol. The predicted molar refractivity (Wildman–Crippen MR) is 116 cm³/mol. The van der Waals surface area contributed by atoms with E-state index in [0.29, 0.717) is 19.5 Å². The van der Waals surface area contributed by atoms with Gasteiger partial charge in [0.15, 0.2) is 6.04 Å². The predicted octanol–water partition coefficient (Wildman–Crippen LogP) is 2.79. The molecular formula is C21H29N3O5S. The summed E-state index contributed by atoms with van der Waals surface area (Å²) in [6.07, 6.45) is 0.169. The van der Waals surface area contributed by atoms with Crippen molar-refractivity contribution in [3.63, 3.8) is 0 Å². The Morgan fingerprint density at radius 3 is 2.73 bits per heavy atom. The minimum atomic E-state index is -0.538. The Balaban J connectivity index is 1.69. The topological polar surface area (TPSA) is 89.5 Å². The Hall–Kier alpha value is -2.42. The molecule has 9 heteroatoms. The van der Waals surface area contributed by atoms with Crippen LogP contribution in [0.2, 0.25) is 0 Å². The van der Waals surface area contributed by atoms with Gasteiger partial charge in [0.2, 0.25) is 0 Å². The summed E-state index contributed by atoms with van der Waals surface area (Å²) >= 11 is 1.68. The van der Waals surface area contributed by atoms with Gasteiger partial charge >= 0.3 is 12.1 Å². The van der Waals surface area contributed by atoms with Gasteiger partial charge in [0.05, 0.1) is 25.2 Å². The number of hydrazone groups is 1. The van der Waals surface area contributed by atoms with Gasteiger partial charge in [-0.05, 0) is 51.0 Å². The zero-order valence-electron chi connectivity index (χ0n) is 18.1. The minimum Gasteiger partial charge on any atom is -0.497 e. The van der Waals surface area contributed by atoms with Crippen LogP contribution in [-0.2, 0) is 20.0 Å². The number of nitrogens with one attached hydrogen (secondary N) is 1. The Kier molecular flexibility index (Phi) is 6.80. The first-order valence-electron chi connectivity index (χ1n) is 9.92. The van der Waals surface area contributed by atoms with E-state index in [1.807, 2.05) is 39.0 Å². The molecule has 0 fully saturated rings. The number of fused-ring (bicyclic) bond motifs is 3. The molecule has 1 amide bonds. The lowest BCUT2D eigenvalue weighted by Crippen LogP contribution is -2.44. The van der Waals surface area contributed by atoms with Crippen LogP contribution in [0.3, 0.4) is 0 Å². The lowest BCUT2D eigenvalue weighted by atomic mass is 9.98. The number of hydrogen-bond acceptors (Lipinski definition) is 8. The van der Waals surface area contributed by atoms with Gasteiger partial charge < -0.3 is 19.5 Å². The Morgan fingerprint density at radius 1 is 1.30 bits per heavy atom. The quantitative estimate of drug-likeness (QED) is 0.543. The van der Waals surface area contributed by atoms with Crippen LogP contribution in [0.25, 0.3) is 0 Å². The normalized spacial score (nSPS) is 20.0. The van der Waals surface area contributed by atoms with Gasteiger partial charge in [0.25, 0.3) is 0 Å². The summed E-state index contributed by atoms with van der Waals surface area (Å²) in [4.78, 5) is 24.3. The first-order valence-corrected chi connectivity index (χ1v) is 11.0. The summed E-state index contributed by atoms with van der Waals surface area (Å²) in [7, 11) is 3.04. The van der Waals surface area contributed by atoms with E-state index in [4.69, 9.17) is 19.3 Å². The van der Waals surface area contributed by atoms with Gasteiger partial charge in [-0.15, -0.1) is 11.8 Å². The van der Waals surface area contributed by atoms with Crippen molar-refractivity contribution in [3.8, 4) is 5.75 Å². The summed E-state index contributed by atoms with van der Waals surface area (Å²) in [5.41, 5.74) is 2.54. The summed E-state index contributed by atoms with van der Waals surface area (Å²) in [5, 5.41) is 9.22. The van der Waals surface area contributed by atoms with E-state index in [1.165, 1.54) is 7.11 Å². The number of hydrogen-bond donors (Lipinski definition) is 1. The fraction of sp³-hybridized carbons (Fsp3) is 0.571. The van der Waals surface area contributed by atoms with Crippen molar-refractivity contribution in [1.82, 2.24) is 10.3 Å². The van der Waals surface area contributed by atoms with Crippen molar-refractivity contribution in [2.75, 3.05) is 27.3 Å². The van der Waals surface area contributed by atoms with Crippen LogP contribution in [0, 0.1) is 0 Å². The van der Waals surface area contributed by atoms with Crippen LogP contribution < -0.4 is 10.1 Å². The Labute approximate surface area is 181 Å². The van der Waals surface area contributed by atoms with Gasteiger partial charge in [-0.2, -0.15) is 5.10 Å². The molecular weight excluding hydrogens is 406 g/mol. The molecule has 30 heavy (non-hydrogen) atoms. The van der Waals surface area contributed by atoms with Gasteiger partial charge in [0.1, 0.15) is 11.4 Å². The zero-order valence-corrected chi connectivity index (χ0v) is 18.9. The summed E-state index contributed by atoms with van der Waals surface area (Å²) in [6, 6.07) is 5.45. The maximum atomic E-state index is 12.5. The first kappa shape index (κ1) is 22.3. The van der Waals surface area contributed by atoms with Gasteiger partial charge in [0, 0.05) is 24.4 Å². The third-order valence-electron chi connectivity index (χ3n) is 4.80. The lowest BCUT2D eigenvalue weighted by Gasteiger charge is -2.28. The molecule has 0 aromatic heterocycles. The summed E-state index contributed by atoms with van der Waals surface area (Å²) < 4.78 is 15.6. The molecule has 8 nitrogen and oxygen atoms in total. The molecule has 1 aromatic rings. The van der Waals surface area contributed by atoms with E-state index in [1.54, 1.807) is 23.9 Å². The number of nitrogens with zero attached hydrogens (tertiary/aromatic N) is 2. The number of rotatable bonds is 6. The molecule has 0 saturated carbocycles. The molecule has 0 aliphatic carbocycles. The van der Waals surface area contributed by atoms with E-state index in [0.717, 1.165) is 28.3 Å². The second-order valence-corrected chi connectivity index (χ2v) is 9.28.